The maximum atomic E-state index is 12.4. The van der Waals surface area contributed by atoms with Crippen LogP contribution < -0.4 is 18.9 Å². The highest BCUT2D eigenvalue weighted by Gasteiger charge is 2.56. The molecule has 4 aliphatic rings. The third-order valence-electron chi connectivity index (χ3n) is 11.3. The van der Waals surface area contributed by atoms with Crippen molar-refractivity contribution in [2.75, 3.05) is 54.7 Å². The molecule has 3 aromatic rings. The van der Waals surface area contributed by atoms with Gasteiger partial charge in [0.05, 0.1) is 52.7 Å². The number of cyclic esters (lactones) is 2. The Bertz CT molecular complexity index is 2130. The molecule has 7 rings (SSSR count). The molecule has 7 atom stereocenters. The van der Waals surface area contributed by atoms with Gasteiger partial charge in [-0.05, 0) is 74.0 Å². The number of esters is 3. The number of ether oxygens (including phenoxy) is 7. The van der Waals surface area contributed by atoms with Crippen LogP contribution in [-0.2, 0) is 35.0 Å². The first-order valence-corrected chi connectivity index (χ1v) is 19.0. The molecule has 0 amide bonds. The number of rotatable bonds is 8. The summed E-state index contributed by atoms with van der Waals surface area (Å²) in [6, 6.07) is 11.7. The van der Waals surface area contributed by atoms with Gasteiger partial charge in [0.25, 0.3) is 0 Å². The number of carbonyl (C=O) groups is 3. The Morgan fingerprint density at radius 2 is 1.57 bits per heavy atom. The molecule has 6 N–H and O–H groups in total. The molecule has 0 unspecified atom stereocenters. The highest BCUT2D eigenvalue weighted by molar-refractivity contribution is 5.89. The lowest BCUT2D eigenvalue weighted by molar-refractivity contribution is -0.205. The first-order valence-electron chi connectivity index (χ1n) is 19.0. The van der Waals surface area contributed by atoms with E-state index in [-0.39, 0.29) is 18.8 Å². The molecule has 0 aliphatic carbocycles. The number of methoxy groups -OCH3 is 4. The molecule has 1 aromatic heterocycles. The average molecular weight is 841 g/mol. The van der Waals surface area contributed by atoms with Crippen molar-refractivity contribution in [2.45, 2.75) is 69.2 Å². The second kappa shape index (κ2) is 18.7. The number of aliphatic hydroxyl groups is 6. The minimum atomic E-state index is -2.22. The molecule has 326 valence electrons. The minimum Gasteiger partial charge on any atom is -0.505 e. The minimum absolute atomic E-state index is 0.0225. The maximum absolute atomic E-state index is 12.4. The topological polar surface area (TPSA) is 253 Å². The molecule has 60 heavy (non-hydrogen) atoms. The van der Waals surface area contributed by atoms with E-state index in [1.54, 1.807) is 28.4 Å². The molecule has 2 fully saturated rings. The van der Waals surface area contributed by atoms with Gasteiger partial charge >= 0.3 is 17.9 Å². The number of hydrogen-bond acceptors (Lipinski definition) is 18. The highest BCUT2D eigenvalue weighted by atomic mass is 16.6. The molecular formula is C42H52N2O16. The van der Waals surface area contributed by atoms with Crippen molar-refractivity contribution in [3.63, 3.8) is 0 Å². The van der Waals surface area contributed by atoms with Crippen LogP contribution >= 0.6 is 0 Å². The van der Waals surface area contributed by atoms with Crippen molar-refractivity contribution in [2.24, 2.45) is 5.92 Å². The van der Waals surface area contributed by atoms with Gasteiger partial charge in [0, 0.05) is 31.1 Å². The van der Waals surface area contributed by atoms with Crippen LogP contribution in [0.15, 0.2) is 65.8 Å². The molecule has 2 aromatic carbocycles. The first-order chi connectivity index (χ1) is 28.4. The Labute approximate surface area is 346 Å². The zero-order chi connectivity index (χ0) is 44.1. The van der Waals surface area contributed by atoms with Gasteiger partial charge in [-0.2, -0.15) is 0 Å². The van der Waals surface area contributed by atoms with E-state index >= 15 is 0 Å². The summed E-state index contributed by atoms with van der Waals surface area (Å²) in [6.45, 7) is 4.74. The predicted octanol–water partition coefficient (Wildman–Crippen LogP) is 2.06. The standard InChI is InChI=1S/C20H21NO4.C16H23NO6.C6H8O6/c1-22-17-6-5-13(10-18(17)23-2)9-16-15-12-20(25-4)19(24-3)11-14(15)7-8-21-16;1-9-13(18)23-11-5-7-17-6-4-10(12(11)17)8-22-14(19)16(3,21)15(9,2)20;7-1-2(8)5-3(9)4(10)6(11)12-5/h5-8,10-12H,9H2,1-4H3;4,9,11-12,20-21H,5-8H2,1-3H3;2,5,7-10H,1H2/t;9-,11+,12+,15+,16-;2-,5+/m.00/s1. The summed E-state index contributed by atoms with van der Waals surface area (Å²) in [5, 5.41) is 58.2. The Kier molecular flexibility index (Phi) is 14.2. The summed E-state index contributed by atoms with van der Waals surface area (Å²) < 4.78 is 36.6. The van der Waals surface area contributed by atoms with Crippen molar-refractivity contribution in [1.82, 2.24) is 9.88 Å². The van der Waals surface area contributed by atoms with Crippen LogP contribution in [0.3, 0.4) is 0 Å². The van der Waals surface area contributed by atoms with E-state index < -0.39 is 65.4 Å². The first kappa shape index (κ1) is 45.4. The Balaban J connectivity index is 0.000000181. The van der Waals surface area contributed by atoms with E-state index in [1.165, 1.54) is 13.8 Å². The Morgan fingerprint density at radius 1 is 0.917 bits per heavy atom. The fourth-order valence-corrected chi connectivity index (χ4v) is 7.23. The van der Waals surface area contributed by atoms with E-state index in [4.69, 9.17) is 48.8 Å². The molecule has 5 heterocycles. The third-order valence-corrected chi connectivity index (χ3v) is 11.3. The van der Waals surface area contributed by atoms with E-state index in [2.05, 4.69) is 14.6 Å². The molecule has 18 heteroatoms. The van der Waals surface area contributed by atoms with Crippen LogP contribution in [0.4, 0.5) is 0 Å². The summed E-state index contributed by atoms with van der Waals surface area (Å²) in [7, 11) is 6.53. The fourth-order valence-electron chi connectivity index (χ4n) is 7.23. The van der Waals surface area contributed by atoms with Crippen molar-refractivity contribution in [3.8, 4) is 23.0 Å². The number of fused-ring (bicyclic) bond motifs is 1. The normalized spacial score (nSPS) is 26.8. The van der Waals surface area contributed by atoms with Gasteiger partial charge in [0.1, 0.15) is 24.4 Å². The largest absolute Gasteiger partial charge is 0.505 e. The van der Waals surface area contributed by atoms with Gasteiger partial charge in [-0.25, -0.2) is 9.59 Å². The van der Waals surface area contributed by atoms with Crippen LogP contribution in [0.1, 0.15) is 38.4 Å². The second-order valence-electron chi connectivity index (χ2n) is 14.9. The van der Waals surface area contributed by atoms with Crippen LogP contribution in [-0.4, -0.2) is 149 Å². The number of pyridine rings is 1. The number of aliphatic hydroxyl groups excluding tert-OH is 4. The van der Waals surface area contributed by atoms with Crippen LogP contribution in [0.25, 0.3) is 10.8 Å². The quantitative estimate of drug-likeness (QED) is 0.108. The number of aromatic nitrogens is 1. The number of nitrogens with zero attached hydrogens (tertiary/aromatic N) is 2. The lowest BCUT2D eigenvalue weighted by atomic mass is 9.76. The van der Waals surface area contributed by atoms with Crippen LogP contribution in [0.5, 0.6) is 23.0 Å². The molecule has 4 aliphatic heterocycles. The summed E-state index contributed by atoms with van der Waals surface area (Å²) >= 11 is 0. The molecule has 0 bridgehead atoms. The van der Waals surface area contributed by atoms with E-state index in [0.717, 1.165) is 47.6 Å². The predicted molar refractivity (Wildman–Crippen MR) is 212 cm³/mol. The summed E-state index contributed by atoms with van der Waals surface area (Å²) in [5.74, 6) is -2.61. The van der Waals surface area contributed by atoms with Crippen molar-refractivity contribution in [1.29, 1.82) is 0 Å². The second-order valence-corrected chi connectivity index (χ2v) is 14.9. The Morgan fingerprint density at radius 3 is 2.18 bits per heavy atom. The zero-order valence-corrected chi connectivity index (χ0v) is 34.4. The molecule has 0 radical (unpaired) electrons. The summed E-state index contributed by atoms with van der Waals surface area (Å²) in [6.07, 6.45) is 2.05. The van der Waals surface area contributed by atoms with E-state index in [1.807, 2.05) is 48.7 Å². The molecule has 18 nitrogen and oxygen atoms in total. The fraction of sp³-hybridized carbons (Fsp3) is 0.476. The zero-order valence-electron chi connectivity index (χ0n) is 34.4. The number of hydrogen-bond donors (Lipinski definition) is 6. The summed E-state index contributed by atoms with van der Waals surface area (Å²) in [5.41, 5.74) is -1.30. The smallest absolute Gasteiger partial charge is 0.377 e. The maximum Gasteiger partial charge on any atom is 0.377 e. The molecular weight excluding hydrogens is 788 g/mol. The highest BCUT2D eigenvalue weighted by Crippen LogP contribution is 2.38. The number of carbonyl (C=O) groups excluding carboxylic acids is 3. The van der Waals surface area contributed by atoms with Gasteiger partial charge in [-0.1, -0.05) is 12.1 Å². The number of benzene rings is 2. The third kappa shape index (κ3) is 9.07. The molecule has 2 saturated heterocycles. The van der Waals surface area contributed by atoms with E-state index in [9.17, 15) is 24.6 Å². The van der Waals surface area contributed by atoms with Gasteiger partial charge in [-0.15, -0.1) is 0 Å². The van der Waals surface area contributed by atoms with Gasteiger partial charge in [0.2, 0.25) is 5.76 Å². The van der Waals surface area contributed by atoms with Gasteiger partial charge in [-0.3, -0.25) is 14.7 Å². The van der Waals surface area contributed by atoms with E-state index in [0.29, 0.717) is 35.8 Å². The van der Waals surface area contributed by atoms with Crippen molar-refractivity contribution in [3.05, 3.63) is 77.0 Å². The lowest BCUT2D eigenvalue weighted by Crippen LogP contribution is -2.61. The lowest BCUT2D eigenvalue weighted by Gasteiger charge is -2.39. The molecule has 0 spiro atoms. The SMILES string of the molecule is COc1ccc(Cc2nccc3cc(OC)c(OC)cc23)cc1OC.C[C@H]1C(=O)O[C@@H]2CCN3CC=C(COC(=O)[C@](C)(O)[C@]1(C)O)[C@H]23.O=C1O[C@H]([C@@H](O)CO)C(O)=C1O. The monoisotopic (exact) mass is 840 g/mol. The van der Waals surface area contributed by atoms with Gasteiger partial charge < -0.3 is 63.8 Å². The van der Waals surface area contributed by atoms with Crippen LogP contribution in [0.2, 0.25) is 0 Å². The Hall–Kier alpha value is -5.66. The van der Waals surface area contributed by atoms with Crippen molar-refractivity contribution >= 4 is 28.7 Å². The van der Waals surface area contributed by atoms with Gasteiger partial charge in [0.15, 0.2) is 40.5 Å². The van der Waals surface area contributed by atoms with Crippen molar-refractivity contribution < 1.29 is 78.2 Å². The molecule has 0 saturated carbocycles. The van der Waals surface area contributed by atoms with Crippen LogP contribution in [0, 0.1) is 5.92 Å². The average Bonchev–Trinajstić information content (AvgIpc) is 3.92. The summed E-state index contributed by atoms with van der Waals surface area (Å²) in [4.78, 5) is 42.0.